The Morgan fingerprint density at radius 2 is 2.13 bits per heavy atom. The summed E-state index contributed by atoms with van der Waals surface area (Å²) in [7, 11) is 0. The van der Waals surface area contributed by atoms with E-state index in [9.17, 15) is 4.79 Å². The van der Waals surface area contributed by atoms with Gasteiger partial charge in [-0.3, -0.25) is 15.0 Å². The second-order valence-electron chi connectivity index (χ2n) is 5.80. The van der Waals surface area contributed by atoms with E-state index in [0.717, 1.165) is 30.9 Å². The molecule has 8 heteroatoms. The Hall–Kier alpha value is -1.96. The monoisotopic (exact) mass is 334 g/mol. The number of carbonyl (C=O) groups is 1. The number of hydrogen-bond acceptors (Lipinski definition) is 4. The fourth-order valence-corrected chi connectivity index (χ4v) is 3.37. The van der Waals surface area contributed by atoms with Crippen LogP contribution < -0.4 is 5.32 Å². The molecule has 7 nitrogen and oxygen atoms in total. The van der Waals surface area contributed by atoms with Crippen molar-refractivity contribution in [2.75, 3.05) is 6.54 Å². The molecule has 2 aromatic heterocycles. The third kappa shape index (κ3) is 3.52. The van der Waals surface area contributed by atoms with E-state index >= 15 is 0 Å². The molecule has 0 saturated carbocycles. The van der Waals surface area contributed by atoms with Gasteiger partial charge >= 0.3 is 0 Å². The van der Waals surface area contributed by atoms with Crippen LogP contribution in [0.25, 0.3) is 0 Å². The zero-order chi connectivity index (χ0) is 16.2. The summed E-state index contributed by atoms with van der Waals surface area (Å²) in [5.74, 6) is 0.872. The summed E-state index contributed by atoms with van der Waals surface area (Å²) in [4.78, 5) is 12.1. The Labute approximate surface area is 139 Å². The molecule has 1 aliphatic rings. The van der Waals surface area contributed by atoms with Gasteiger partial charge in [0.25, 0.3) is 0 Å². The number of aromatic nitrogens is 5. The minimum atomic E-state index is 0.00190. The van der Waals surface area contributed by atoms with Crippen molar-refractivity contribution >= 4 is 18.1 Å². The first kappa shape index (κ1) is 15.9. The SMILES string of the molecule is CCn1c(CCNC(=O)Cc2n[nH]c3c2CCCC3)n[nH]c1=S. The topological polar surface area (TPSA) is 91.4 Å². The van der Waals surface area contributed by atoms with E-state index in [0.29, 0.717) is 24.2 Å². The number of amides is 1. The number of carbonyl (C=O) groups excluding carboxylic acids is 1. The van der Waals surface area contributed by atoms with Gasteiger partial charge in [-0.15, -0.1) is 0 Å². The van der Waals surface area contributed by atoms with E-state index in [-0.39, 0.29) is 5.91 Å². The average molecular weight is 334 g/mol. The number of aromatic amines is 2. The van der Waals surface area contributed by atoms with E-state index in [1.807, 2.05) is 11.5 Å². The van der Waals surface area contributed by atoms with Crippen molar-refractivity contribution in [1.29, 1.82) is 0 Å². The highest BCUT2D eigenvalue weighted by Crippen LogP contribution is 2.22. The molecule has 0 atom stereocenters. The highest BCUT2D eigenvalue weighted by atomic mass is 32.1. The van der Waals surface area contributed by atoms with Gasteiger partial charge < -0.3 is 9.88 Å². The maximum Gasteiger partial charge on any atom is 0.226 e. The second kappa shape index (κ2) is 7.08. The summed E-state index contributed by atoms with van der Waals surface area (Å²) in [6.07, 6.45) is 5.45. The fourth-order valence-electron chi connectivity index (χ4n) is 3.09. The molecule has 0 aliphatic heterocycles. The number of nitrogens with zero attached hydrogens (tertiary/aromatic N) is 3. The Kier molecular flexibility index (Phi) is 4.90. The molecular formula is C15H22N6OS. The predicted octanol–water partition coefficient (Wildman–Crippen LogP) is 1.46. The maximum atomic E-state index is 12.1. The van der Waals surface area contributed by atoms with Gasteiger partial charge in [-0.05, 0) is 50.4 Å². The lowest BCUT2D eigenvalue weighted by molar-refractivity contribution is -0.120. The van der Waals surface area contributed by atoms with Gasteiger partial charge in [-0.2, -0.15) is 10.2 Å². The molecule has 0 unspecified atom stereocenters. The molecule has 0 radical (unpaired) electrons. The summed E-state index contributed by atoms with van der Waals surface area (Å²) in [6.45, 7) is 3.34. The molecule has 1 aliphatic carbocycles. The minimum Gasteiger partial charge on any atom is -0.355 e. The molecule has 3 rings (SSSR count). The van der Waals surface area contributed by atoms with Crippen LogP contribution in [0, 0.1) is 4.77 Å². The fraction of sp³-hybridized carbons (Fsp3) is 0.600. The van der Waals surface area contributed by atoms with Gasteiger partial charge in [0, 0.05) is 25.2 Å². The summed E-state index contributed by atoms with van der Waals surface area (Å²) >= 11 is 5.15. The number of fused-ring (bicyclic) bond motifs is 1. The molecule has 0 fully saturated rings. The molecule has 0 spiro atoms. The van der Waals surface area contributed by atoms with Crippen molar-refractivity contribution in [3.05, 3.63) is 27.5 Å². The van der Waals surface area contributed by atoms with Crippen molar-refractivity contribution in [1.82, 2.24) is 30.3 Å². The maximum absolute atomic E-state index is 12.1. The number of nitrogens with one attached hydrogen (secondary N) is 3. The standard InChI is InChI=1S/C15H22N6OS/c1-2-21-13(19-20-15(21)23)7-8-16-14(22)9-12-10-5-3-4-6-11(10)17-18-12/h2-9H2,1H3,(H,16,22)(H,17,18)(H,20,23). The first-order valence-electron chi connectivity index (χ1n) is 8.14. The second-order valence-corrected chi connectivity index (χ2v) is 6.19. The normalized spacial score (nSPS) is 13.8. The predicted molar refractivity (Wildman–Crippen MR) is 88.7 cm³/mol. The molecule has 124 valence electrons. The highest BCUT2D eigenvalue weighted by molar-refractivity contribution is 7.71. The van der Waals surface area contributed by atoms with Crippen LogP contribution >= 0.6 is 12.2 Å². The van der Waals surface area contributed by atoms with Crippen molar-refractivity contribution in [2.45, 2.75) is 52.0 Å². The lowest BCUT2D eigenvalue weighted by Gasteiger charge is -2.11. The average Bonchev–Trinajstić information content (AvgIpc) is 3.11. The van der Waals surface area contributed by atoms with Crippen LogP contribution in [0.2, 0.25) is 0 Å². The van der Waals surface area contributed by atoms with E-state index < -0.39 is 0 Å². The van der Waals surface area contributed by atoms with Crippen LogP contribution in [0.4, 0.5) is 0 Å². The van der Waals surface area contributed by atoms with E-state index in [1.54, 1.807) is 0 Å². The third-order valence-electron chi connectivity index (χ3n) is 4.29. The van der Waals surface area contributed by atoms with E-state index in [2.05, 4.69) is 25.7 Å². The molecule has 0 bridgehead atoms. The molecule has 0 saturated heterocycles. The van der Waals surface area contributed by atoms with Gasteiger partial charge in [0.15, 0.2) is 4.77 Å². The van der Waals surface area contributed by atoms with Crippen LogP contribution in [-0.4, -0.2) is 37.4 Å². The molecule has 0 aromatic carbocycles. The number of aryl methyl sites for hydroxylation is 1. The molecule has 3 N–H and O–H groups in total. The van der Waals surface area contributed by atoms with Crippen molar-refractivity contribution in [3.8, 4) is 0 Å². The Bertz CT molecular complexity index is 743. The van der Waals surface area contributed by atoms with Crippen LogP contribution in [-0.2, 0) is 37.0 Å². The summed E-state index contributed by atoms with van der Waals surface area (Å²) in [5, 5.41) is 17.3. The number of hydrogen-bond donors (Lipinski definition) is 3. The van der Waals surface area contributed by atoms with Crippen LogP contribution in [0.3, 0.4) is 0 Å². The number of rotatable bonds is 6. The first-order valence-corrected chi connectivity index (χ1v) is 8.55. The van der Waals surface area contributed by atoms with Crippen molar-refractivity contribution in [3.63, 3.8) is 0 Å². The van der Waals surface area contributed by atoms with Gasteiger partial charge in [0.05, 0.1) is 12.1 Å². The quantitative estimate of drug-likeness (QED) is 0.698. The van der Waals surface area contributed by atoms with Crippen LogP contribution in [0.1, 0.15) is 42.5 Å². The first-order chi connectivity index (χ1) is 11.2. The zero-order valence-electron chi connectivity index (χ0n) is 13.3. The van der Waals surface area contributed by atoms with Crippen LogP contribution in [0.5, 0.6) is 0 Å². The molecule has 2 heterocycles. The highest BCUT2D eigenvalue weighted by Gasteiger charge is 2.18. The lowest BCUT2D eigenvalue weighted by atomic mass is 9.95. The molecule has 1 amide bonds. The molecule has 23 heavy (non-hydrogen) atoms. The lowest BCUT2D eigenvalue weighted by Crippen LogP contribution is -2.28. The van der Waals surface area contributed by atoms with Gasteiger partial charge in [0.1, 0.15) is 5.82 Å². The number of H-pyrrole nitrogens is 2. The third-order valence-corrected chi connectivity index (χ3v) is 4.61. The molecule has 2 aromatic rings. The Morgan fingerprint density at radius 1 is 1.30 bits per heavy atom. The van der Waals surface area contributed by atoms with Gasteiger partial charge in [0.2, 0.25) is 5.91 Å². The summed E-state index contributed by atoms with van der Waals surface area (Å²) in [5.41, 5.74) is 3.35. The van der Waals surface area contributed by atoms with E-state index in [4.69, 9.17) is 12.2 Å². The summed E-state index contributed by atoms with van der Waals surface area (Å²) in [6, 6.07) is 0. The largest absolute Gasteiger partial charge is 0.355 e. The Morgan fingerprint density at radius 3 is 2.96 bits per heavy atom. The minimum absolute atomic E-state index is 0.00190. The van der Waals surface area contributed by atoms with E-state index in [1.165, 1.54) is 24.1 Å². The smallest absolute Gasteiger partial charge is 0.226 e. The van der Waals surface area contributed by atoms with Gasteiger partial charge in [-0.1, -0.05) is 0 Å². The van der Waals surface area contributed by atoms with Crippen LogP contribution in [0.15, 0.2) is 0 Å². The summed E-state index contributed by atoms with van der Waals surface area (Å²) < 4.78 is 2.56. The molecular weight excluding hydrogens is 312 g/mol. The van der Waals surface area contributed by atoms with Gasteiger partial charge in [-0.25, -0.2) is 0 Å². The Balaban J connectivity index is 1.52. The zero-order valence-corrected chi connectivity index (χ0v) is 14.1. The van der Waals surface area contributed by atoms with Crippen molar-refractivity contribution < 1.29 is 4.79 Å². The van der Waals surface area contributed by atoms with Crippen molar-refractivity contribution in [2.24, 2.45) is 0 Å².